The fraction of sp³-hybridized carbons (Fsp3) is 0.0714. The van der Waals surface area contributed by atoms with Gasteiger partial charge in [-0.15, -0.1) is 0 Å². The van der Waals surface area contributed by atoms with E-state index in [0.717, 1.165) is 22.6 Å². The van der Waals surface area contributed by atoms with E-state index in [2.05, 4.69) is 10.1 Å². The lowest BCUT2D eigenvalue weighted by Crippen LogP contribution is -1.98. The minimum Gasteiger partial charge on any atom is -0.478 e. The predicted octanol–water partition coefficient (Wildman–Crippen LogP) is 2.40. The summed E-state index contributed by atoms with van der Waals surface area (Å²) in [4.78, 5) is 15.2. The molecule has 2 aromatic heterocycles. The van der Waals surface area contributed by atoms with E-state index < -0.39 is 5.97 Å². The smallest absolute Gasteiger partial charge is 0.335 e. The molecule has 0 saturated carbocycles. The maximum absolute atomic E-state index is 11.0. The summed E-state index contributed by atoms with van der Waals surface area (Å²) in [5.41, 5.74) is 3.45. The first-order chi connectivity index (χ1) is 9.15. The average molecular weight is 253 g/mol. The molecule has 0 atom stereocenters. The normalized spacial score (nSPS) is 10.8. The summed E-state index contributed by atoms with van der Waals surface area (Å²) in [5.74, 6) is -0.943. The molecule has 0 fully saturated rings. The molecule has 0 unspecified atom stereocenters. The summed E-state index contributed by atoms with van der Waals surface area (Å²) in [7, 11) is 0. The van der Waals surface area contributed by atoms with Gasteiger partial charge in [0, 0.05) is 5.56 Å². The molecule has 5 nitrogen and oxygen atoms in total. The number of aromatic nitrogens is 3. The third-order valence-electron chi connectivity index (χ3n) is 2.94. The second-order valence-corrected chi connectivity index (χ2v) is 4.27. The van der Waals surface area contributed by atoms with Crippen molar-refractivity contribution in [3.8, 4) is 11.3 Å². The summed E-state index contributed by atoms with van der Waals surface area (Å²) in [6, 6.07) is 10.4. The Labute approximate surface area is 109 Å². The van der Waals surface area contributed by atoms with Gasteiger partial charge in [-0.3, -0.25) is 0 Å². The molecule has 1 N–H and O–H groups in total. The first-order valence-electron chi connectivity index (χ1n) is 5.80. The van der Waals surface area contributed by atoms with Crippen LogP contribution in [-0.4, -0.2) is 25.7 Å². The van der Waals surface area contributed by atoms with Gasteiger partial charge in [0.25, 0.3) is 0 Å². The van der Waals surface area contributed by atoms with Gasteiger partial charge in [-0.1, -0.05) is 12.1 Å². The molecule has 0 saturated heterocycles. The van der Waals surface area contributed by atoms with E-state index in [1.165, 1.54) is 0 Å². The Morgan fingerprint density at radius 2 is 2.11 bits per heavy atom. The summed E-state index contributed by atoms with van der Waals surface area (Å²) >= 11 is 0. The van der Waals surface area contributed by atoms with Gasteiger partial charge >= 0.3 is 5.97 Å². The van der Waals surface area contributed by atoms with Crippen molar-refractivity contribution < 1.29 is 9.90 Å². The third-order valence-corrected chi connectivity index (χ3v) is 2.94. The standard InChI is InChI=1S/C14H11N3O2/c1-9-8-15-13-6-5-12(16-17(9)13)10-3-2-4-11(7-10)14(18)19/h2-8H,1H3,(H,18,19). The molecule has 2 heterocycles. The molecule has 3 rings (SSSR count). The summed E-state index contributed by atoms with van der Waals surface area (Å²) < 4.78 is 1.74. The number of benzene rings is 1. The van der Waals surface area contributed by atoms with Crippen molar-refractivity contribution in [1.82, 2.24) is 14.6 Å². The predicted molar refractivity (Wildman–Crippen MR) is 70.1 cm³/mol. The van der Waals surface area contributed by atoms with Crippen LogP contribution >= 0.6 is 0 Å². The van der Waals surface area contributed by atoms with Crippen molar-refractivity contribution in [2.24, 2.45) is 0 Å². The largest absolute Gasteiger partial charge is 0.478 e. The van der Waals surface area contributed by atoms with Crippen LogP contribution in [0.5, 0.6) is 0 Å². The molecule has 0 spiro atoms. The summed E-state index contributed by atoms with van der Waals surface area (Å²) in [6.07, 6.45) is 1.75. The first-order valence-corrected chi connectivity index (χ1v) is 5.80. The number of hydrogen-bond donors (Lipinski definition) is 1. The summed E-state index contributed by atoms with van der Waals surface area (Å²) in [6.45, 7) is 1.92. The number of imidazole rings is 1. The van der Waals surface area contributed by atoms with E-state index in [-0.39, 0.29) is 5.56 Å². The van der Waals surface area contributed by atoms with E-state index in [0.29, 0.717) is 0 Å². The first kappa shape index (κ1) is 11.4. The highest BCUT2D eigenvalue weighted by molar-refractivity contribution is 5.89. The number of fused-ring (bicyclic) bond motifs is 1. The Morgan fingerprint density at radius 1 is 1.26 bits per heavy atom. The van der Waals surface area contributed by atoms with E-state index in [4.69, 9.17) is 5.11 Å². The van der Waals surface area contributed by atoms with Crippen LogP contribution in [0, 0.1) is 6.92 Å². The molecule has 5 heteroatoms. The third kappa shape index (κ3) is 1.95. The Balaban J connectivity index is 2.15. The van der Waals surface area contributed by atoms with Crippen molar-refractivity contribution in [1.29, 1.82) is 0 Å². The van der Waals surface area contributed by atoms with Crippen molar-refractivity contribution in [2.45, 2.75) is 6.92 Å². The molecular formula is C14H11N3O2. The molecular weight excluding hydrogens is 242 g/mol. The number of nitrogens with zero attached hydrogens (tertiary/aromatic N) is 3. The monoisotopic (exact) mass is 253 g/mol. The highest BCUT2D eigenvalue weighted by atomic mass is 16.4. The van der Waals surface area contributed by atoms with E-state index in [1.54, 1.807) is 28.9 Å². The van der Waals surface area contributed by atoms with Crippen molar-refractivity contribution in [3.05, 3.63) is 53.9 Å². The maximum Gasteiger partial charge on any atom is 0.335 e. The van der Waals surface area contributed by atoms with Gasteiger partial charge in [0.15, 0.2) is 5.65 Å². The van der Waals surface area contributed by atoms with E-state index >= 15 is 0 Å². The van der Waals surface area contributed by atoms with E-state index in [9.17, 15) is 4.79 Å². The molecule has 19 heavy (non-hydrogen) atoms. The lowest BCUT2D eigenvalue weighted by molar-refractivity contribution is 0.0697. The van der Waals surface area contributed by atoms with Crippen LogP contribution < -0.4 is 0 Å². The number of hydrogen-bond acceptors (Lipinski definition) is 3. The molecule has 0 aliphatic rings. The van der Waals surface area contributed by atoms with Crippen LogP contribution in [0.1, 0.15) is 16.1 Å². The second-order valence-electron chi connectivity index (χ2n) is 4.27. The lowest BCUT2D eigenvalue weighted by Gasteiger charge is -2.03. The Morgan fingerprint density at radius 3 is 2.89 bits per heavy atom. The fourth-order valence-electron chi connectivity index (χ4n) is 1.95. The number of carboxylic acid groups (broad SMARTS) is 1. The zero-order valence-electron chi connectivity index (χ0n) is 10.2. The summed E-state index contributed by atoms with van der Waals surface area (Å²) in [5, 5.41) is 13.5. The number of aryl methyl sites for hydroxylation is 1. The Kier molecular flexibility index (Phi) is 2.52. The second kappa shape index (κ2) is 4.20. The maximum atomic E-state index is 11.0. The minimum atomic E-state index is -0.943. The average Bonchev–Trinajstić information content (AvgIpc) is 2.80. The van der Waals surface area contributed by atoms with E-state index in [1.807, 2.05) is 25.1 Å². The van der Waals surface area contributed by atoms with Crippen LogP contribution in [0.2, 0.25) is 0 Å². The van der Waals surface area contributed by atoms with Crippen LogP contribution in [0.4, 0.5) is 0 Å². The van der Waals surface area contributed by atoms with Gasteiger partial charge in [0.05, 0.1) is 23.1 Å². The van der Waals surface area contributed by atoms with Gasteiger partial charge in [0.2, 0.25) is 0 Å². The molecule has 0 bridgehead atoms. The quantitative estimate of drug-likeness (QED) is 0.761. The lowest BCUT2D eigenvalue weighted by atomic mass is 10.1. The zero-order valence-corrected chi connectivity index (χ0v) is 10.2. The van der Waals surface area contributed by atoms with Gasteiger partial charge in [-0.05, 0) is 31.2 Å². The topological polar surface area (TPSA) is 67.5 Å². The molecule has 0 amide bonds. The Bertz CT molecular complexity index is 777. The van der Waals surface area contributed by atoms with Gasteiger partial charge < -0.3 is 5.11 Å². The molecule has 1 aromatic carbocycles. The molecule has 0 aliphatic heterocycles. The fourth-order valence-corrected chi connectivity index (χ4v) is 1.95. The highest BCUT2D eigenvalue weighted by Crippen LogP contribution is 2.19. The van der Waals surface area contributed by atoms with Crippen molar-refractivity contribution in [3.63, 3.8) is 0 Å². The van der Waals surface area contributed by atoms with Crippen LogP contribution in [-0.2, 0) is 0 Å². The number of carbonyl (C=O) groups is 1. The number of rotatable bonds is 2. The molecule has 0 radical (unpaired) electrons. The van der Waals surface area contributed by atoms with Crippen LogP contribution in [0.15, 0.2) is 42.6 Å². The highest BCUT2D eigenvalue weighted by Gasteiger charge is 2.07. The number of aromatic carboxylic acids is 1. The van der Waals surface area contributed by atoms with Gasteiger partial charge in [-0.2, -0.15) is 5.10 Å². The van der Waals surface area contributed by atoms with Gasteiger partial charge in [-0.25, -0.2) is 14.3 Å². The number of carboxylic acids is 1. The van der Waals surface area contributed by atoms with Crippen LogP contribution in [0.25, 0.3) is 16.9 Å². The minimum absolute atomic E-state index is 0.252. The van der Waals surface area contributed by atoms with Crippen molar-refractivity contribution >= 4 is 11.6 Å². The molecule has 0 aliphatic carbocycles. The van der Waals surface area contributed by atoms with Crippen LogP contribution in [0.3, 0.4) is 0 Å². The zero-order chi connectivity index (χ0) is 13.4. The van der Waals surface area contributed by atoms with Crippen molar-refractivity contribution in [2.75, 3.05) is 0 Å². The molecule has 94 valence electrons. The van der Waals surface area contributed by atoms with Gasteiger partial charge in [0.1, 0.15) is 0 Å². The Hall–Kier alpha value is -2.69. The molecule has 3 aromatic rings. The SMILES string of the molecule is Cc1cnc2ccc(-c3cccc(C(=O)O)c3)nn12.